The van der Waals surface area contributed by atoms with Gasteiger partial charge in [-0.3, -0.25) is 0 Å². The summed E-state index contributed by atoms with van der Waals surface area (Å²) in [4.78, 5) is 11.4. The molecule has 0 spiro atoms. The summed E-state index contributed by atoms with van der Waals surface area (Å²) in [7, 11) is 1.35. The van der Waals surface area contributed by atoms with Crippen LogP contribution >= 0.6 is 0 Å². The molecule has 0 unspecified atom stereocenters. The zero-order valence-electron chi connectivity index (χ0n) is 10.6. The Labute approximate surface area is 107 Å². The molecule has 5 heteroatoms. The van der Waals surface area contributed by atoms with Crippen molar-refractivity contribution in [1.82, 2.24) is 5.32 Å². The Bertz CT molecular complexity index is 395. The standard InChI is InChI=1S/C13H20N2O3/c1-17-13(16)12-9(6-7-18-12)8-15-11-4-2-10(14)3-5-11/h6-7,10-11,15H,2-5,8,14H2,1H3. The van der Waals surface area contributed by atoms with E-state index in [4.69, 9.17) is 10.2 Å². The summed E-state index contributed by atoms with van der Waals surface area (Å²) >= 11 is 0. The van der Waals surface area contributed by atoms with Gasteiger partial charge in [-0.25, -0.2) is 4.79 Å². The fourth-order valence-corrected chi connectivity index (χ4v) is 2.32. The van der Waals surface area contributed by atoms with Crippen LogP contribution in [0, 0.1) is 0 Å². The van der Waals surface area contributed by atoms with Gasteiger partial charge in [-0.2, -0.15) is 0 Å². The Balaban J connectivity index is 1.87. The van der Waals surface area contributed by atoms with Crippen molar-refractivity contribution in [2.45, 2.75) is 44.3 Å². The SMILES string of the molecule is COC(=O)c1occc1CNC1CCC(N)CC1. The van der Waals surface area contributed by atoms with Crippen LogP contribution in [0.5, 0.6) is 0 Å². The van der Waals surface area contributed by atoms with E-state index in [1.807, 2.05) is 0 Å². The summed E-state index contributed by atoms with van der Waals surface area (Å²) in [5.74, 6) is -0.139. The van der Waals surface area contributed by atoms with Gasteiger partial charge < -0.3 is 20.2 Å². The van der Waals surface area contributed by atoms with Gasteiger partial charge in [0.25, 0.3) is 0 Å². The highest BCUT2D eigenvalue weighted by Crippen LogP contribution is 2.18. The van der Waals surface area contributed by atoms with Crippen LogP contribution in [0.4, 0.5) is 0 Å². The predicted molar refractivity (Wildman–Crippen MR) is 67.1 cm³/mol. The first-order valence-electron chi connectivity index (χ1n) is 6.34. The zero-order valence-corrected chi connectivity index (χ0v) is 10.6. The van der Waals surface area contributed by atoms with Crippen LogP contribution in [-0.2, 0) is 11.3 Å². The molecule has 0 amide bonds. The van der Waals surface area contributed by atoms with E-state index in [0.717, 1.165) is 31.2 Å². The number of nitrogens with one attached hydrogen (secondary N) is 1. The highest BCUT2D eigenvalue weighted by molar-refractivity contribution is 5.87. The van der Waals surface area contributed by atoms with E-state index in [2.05, 4.69) is 10.1 Å². The van der Waals surface area contributed by atoms with Gasteiger partial charge in [-0.1, -0.05) is 0 Å². The van der Waals surface area contributed by atoms with Crippen molar-refractivity contribution in [3.63, 3.8) is 0 Å². The molecule has 3 N–H and O–H groups in total. The van der Waals surface area contributed by atoms with Gasteiger partial charge in [0.05, 0.1) is 13.4 Å². The summed E-state index contributed by atoms with van der Waals surface area (Å²) < 4.78 is 9.80. The molecule has 1 aromatic rings. The molecule has 5 nitrogen and oxygen atoms in total. The number of methoxy groups -OCH3 is 1. The van der Waals surface area contributed by atoms with Gasteiger partial charge in [0.15, 0.2) is 0 Å². The van der Waals surface area contributed by atoms with Gasteiger partial charge in [0.1, 0.15) is 0 Å². The number of esters is 1. The number of hydrogen-bond acceptors (Lipinski definition) is 5. The molecular weight excluding hydrogens is 232 g/mol. The van der Waals surface area contributed by atoms with E-state index in [1.54, 1.807) is 6.07 Å². The minimum atomic E-state index is -0.428. The first kappa shape index (κ1) is 13.1. The number of rotatable bonds is 4. The Morgan fingerprint density at radius 2 is 2.22 bits per heavy atom. The van der Waals surface area contributed by atoms with E-state index < -0.39 is 5.97 Å². The minimum absolute atomic E-state index is 0.289. The van der Waals surface area contributed by atoms with Crippen LogP contribution in [0.3, 0.4) is 0 Å². The summed E-state index contributed by atoms with van der Waals surface area (Å²) in [5, 5.41) is 3.44. The maximum atomic E-state index is 11.4. The third-order valence-corrected chi connectivity index (χ3v) is 3.47. The van der Waals surface area contributed by atoms with Gasteiger partial charge in [-0.05, 0) is 31.7 Å². The second-order valence-corrected chi connectivity index (χ2v) is 4.76. The van der Waals surface area contributed by atoms with Crippen molar-refractivity contribution in [2.24, 2.45) is 5.73 Å². The van der Waals surface area contributed by atoms with Gasteiger partial charge in [0.2, 0.25) is 5.76 Å². The second kappa shape index (κ2) is 6.02. The van der Waals surface area contributed by atoms with Gasteiger partial charge in [0, 0.05) is 24.2 Å². The lowest BCUT2D eigenvalue weighted by molar-refractivity contribution is 0.0563. The van der Waals surface area contributed by atoms with E-state index in [9.17, 15) is 4.79 Å². The molecule has 1 fully saturated rings. The number of nitrogens with two attached hydrogens (primary N) is 1. The molecule has 1 aliphatic carbocycles. The van der Waals surface area contributed by atoms with Crippen molar-refractivity contribution in [2.75, 3.05) is 7.11 Å². The topological polar surface area (TPSA) is 77.5 Å². The third-order valence-electron chi connectivity index (χ3n) is 3.47. The van der Waals surface area contributed by atoms with Crippen LogP contribution in [0.25, 0.3) is 0 Å². The van der Waals surface area contributed by atoms with Crippen LogP contribution in [0.2, 0.25) is 0 Å². The van der Waals surface area contributed by atoms with Crippen LogP contribution in [-0.4, -0.2) is 25.2 Å². The van der Waals surface area contributed by atoms with E-state index in [0.29, 0.717) is 18.6 Å². The molecule has 18 heavy (non-hydrogen) atoms. The quantitative estimate of drug-likeness (QED) is 0.793. The Kier molecular flexibility index (Phi) is 4.38. The molecule has 100 valence electrons. The normalized spacial score (nSPS) is 23.9. The molecular formula is C13H20N2O3. The molecule has 0 saturated heterocycles. The highest BCUT2D eigenvalue weighted by Gasteiger charge is 2.20. The van der Waals surface area contributed by atoms with Crippen molar-refractivity contribution in [3.8, 4) is 0 Å². The smallest absolute Gasteiger partial charge is 0.374 e. The van der Waals surface area contributed by atoms with Gasteiger partial charge in [-0.15, -0.1) is 0 Å². The monoisotopic (exact) mass is 252 g/mol. The first-order valence-corrected chi connectivity index (χ1v) is 6.34. The largest absolute Gasteiger partial charge is 0.463 e. The lowest BCUT2D eigenvalue weighted by Crippen LogP contribution is -2.37. The minimum Gasteiger partial charge on any atom is -0.463 e. The Morgan fingerprint density at radius 3 is 2.89 bits per heavy atom. The molecule has 1 aromatic heterocycles. The van der Waals surface area contributed by atoms with Crippen LogP contribution in [0.1, 0.15) is 41.8 Å². The Morgan fingerprint density at radius 1 is 1.50 bits per heavy atom. The maximum Gasteiger partial charge on any atom is 0.374 e. The molecule has 0 aromatic carbocycles. The van der Waals surface area contributed by atoms with Crippen molar-refractivity contribution in [1.29, 1.82) is 0 Å². The molecule has 0 atom stereocenters. The molecule has 1 saturated carbocycles. The van der Waals surface area contributed by atoms with Gasteiger partial charge >= 0.3 is 5.97 Å². The zero-order chi connectivity index (χ0) is 13.0. The van der Waals surface area contributed by atoms with Crippen molar-refractivity contribution < 1.29 is 13.9 Å². The first-order chi connectivity index (χ1) is 8.70. The number of ether oxygens (including phenoxy) is 1. The van der Waals surface area contributed by atoms with E-state index in [1.165, 1.54) is 13.4 Å². The van der Waals surface area contributed by atoms with Crippen LogP contribution in [0.15, 0.2) is 16.7 Å². The van der Waals surface area contributed by atoms with E-state index >= 15 is 0 Å². The Hall–Kier alpha value is -1.33. The van der Waals surface area contributed by atoms with Crippen molar-refractivity contribution >= 4 is 5.97 Å². The summed E-state index contributed by atoms with van der Waals surface area (Å²) in [6.45, 7) is 0.626. The molecule has 1 aliphatic rings. The lowest BCUT2D eigenvalue weighted by atomic mass is 9.92. The highest BCUT2D eigenvalue weighted by atomic mass is 16.5. The van der Waals surface area contributed by atoms with Crippen molar-refractivity contribution in [3.05, 3.63) is 23.7 Å². The average molecular weight is 252 g/mol. The molecule has 2 rings (SSSR count). The summed E-state index contributed by atoms with van der Waals surface area (Å²) in [5.41, 5.74) is 6.71. The average Bonchev–Trinajstić information content (AvgIpc) is 2.85. The number of furan rings is 1. The molecule has 0 bridgehead atoms. The molecule has 0 radical (unpaired) electrons. The second-order valence-electron chi connectivity index (χ2n) is 4.76. The van der Waals surface area contributed by atoms with E-state index in [-0.39, 0.29) is 5.76 Å². The number of carbonyl (C=O) groups excluding carboxylic acids is 1. The summed E-state index contributed by atoms with van der Waals surface area (Å²) in [6.07, 6.45) is 5.82. The third kappa shape index (κ3) is 3.11. The van der Waals surface area contributed by atoms with Crippen LogP contribution < -0.4 is 11.1 Å². The predicted octanol–water partition coefficient (Wildman–Crippen LogP) is 1.43. The maximum absolute atomic E-state index is 11.4. The molecule has 1 heterocycles. The fraction of sp³-hybridized carbons (Fsp3) is 0.615. The molecule has 0 aliphatic heterocycles. The number of carbonyl (C=O) groups is 1. The lowest BCUT2D eigenvalue weighted by Gasteiger charge is -2.26. The number of hydrogen-bond donors (Lipinski definition) is 2. The summed E-state index contributed by atoms with van der Waals surface area (Å²) in [6, 6.07) is 2.63. The fourth-order valence-electron chi connectivity index (χ4n) is 2.32.